The molecular formula is C15H18N2O3. The summed E-state index contributed by atoms with van der Waals surface area (Å²) in [5.41, 5.74) is -0.623. The van der Waals surface area contributed by atoms with Gasteiger partial charge in [0.1, 0.15) is 12.4 Å². The zero-order chi connectivity index (χ0) is 14.9. The number of rotatable bonds is 3. The van der Waals surface area contributed by atoms with Gasteiger partial charge in [-0.3, -0.25) is 9.59 Å². The van der Waals surface area contributed by atoms with Crippen molar-refractivity contribution in [3.63, 3.8) is 0 Å². The molecule has 0 aliphatic carbocycles. The molecule has 0 unspecified atom stereocenters. The normalized spacial score (nSPS) is 11.6. The second kappa shape index (κ2) is 5.00. The third-order valence-electron chi connectivity index (χ3n) is 3.13. The van der Waals surface area contributed by atoms with Crippen LogP contribution in [0.4, 0.5) is 5.82 Å². The largest absolute Gasteiger partial charge is 0.480 e. The van der Waals surface area contributed by atoms with Crippen LogP contribution < -0.4 is 10.5 Å². The van der Waals surface area contributed by atoms with Gasteiger partial charge >= 0.3 is 5.97 Å². The Labute approximate surface area is 116 Å². The lowest BCUT2D eigenvalue weighted by atomic mass is 10.1. The number of hydrogen-bond acceptors (Lipinski definition) is 3. The summed E-state index contributed by atoms with van der Waals surface area (Å²) in [6.07, 6.45) is 0. The van der Waals surface area contributed by atoms with Gasteiger partial charge in [0.05, 0.1) is 0 Å². The first kappa shape index (κ1) is 14.1. The van der Waals surface area contributed by atoms with E-state index < -0.39 is 11.5 Å². The molecule has 2 N–H and O–H groups in total. The highest BCUT2D eigenvalue weighted by Crippen LogP contribution is 2.23. The second-order valence-electron chi connectivity index (χ2n) is 5.72. The van der Waals surface area contributed by atoms with E-state index in [9.17, 15) is 9.59 Å². The molecule has 0 saturated heterocycles. The maximum Gasteiger partial charge on any atom is 0.323 e. The minimum atomic E-state index is -0.936. The minimum absolute atomic E-state index is 0.169. The highest BCUT2D eigenvalue weighted by molar-refractivity contribution is 5.84. The van der Waals surface area contributed by atoms with E-state index in [1.807, 2.05) is 39.0 Å². The molecule has 5 nitrogen and oxygen atoms in total. The predicted molar refractivity (Wildman–Crippen MR) is 79.3 cm³/mol. The van der Waals surface area contributed by atoms with Crippen LogP contribution in [0.15, 0.2) is 35.1 Å². The van der Waals surface area contributed by atoms with Crippen LogP contribution >= 0.6 is 0 Å². The number of aromatic nitrogens is 1. The molecule has 0 atom stereocenters. The van der Waals surface area contributed by atoms with E-state index in [0.29, 0.717) is 11.2 Å². The summed E-state index contributed by atoms with van der Waals surface area (Å²) < 4.78 is 0. The van der Waals surface area contributed by atoms with Crippen molar-refractivity contribution in [1.82, 2.24) is 4.98 Å². The summed E-state index contributed by atoms with van der Waals surface area (Å²) in [5.74, 6) is -0.419. The van der Waals surface area contributed by atoms with Gasteiger partial charge in [-0.25, -0.2) is 0 Å². The zero-order valence-electron chi connectivity index (χ0n) is 11.8. The lowest BCUT2D eigenvalue weighted by Gasteiger charge is -2.35. The van der Waals surface area contributed by atoms with Crippen LogP contribution in [0.3, 0.4) is 0 Å². The van der Waals surface area contributed by atoms with Crippen molar-refractivity contribution in [3.05, 3.63) is 40.7 Å². The molecule has 20 heavy (non-hydrogen) atoms. The number of benzene rings is 1. The Kier molecular flexibility index (Phi) is 3.53. The second-order valence-corrected chi connectivity index (χ2v) is 5.72. The minimum Gasteiger partial charge on any atom is -0.480 e. The third-order valence-corrected chi connectivity index (χ3v) is 3.13. The summed E-state index contributed by atoms with van der Waals surface area (Å²) in [4.78, 5) is 27.6. The fraction of sp³-hybridized carbons (Fsp3) is 0.333. The summed E-state index contributed by atoms with van der Waals surface area (Å²) in [7, 11) is 0. The highest BCUT2D eigenvalue weighted by atomic mass is 16.4. The molecule has 1 aromatic heterocycles. The lowest BCUT2D eigenvalue weighted by Crippen LogP contribution is -2.45. The van der Waals surface area contributed by atoms with Crippen LogP contribution in [-0.2, 0) is 4.79 Å². The molecule has 0 aliphatic rings. The van der Waals surface area contributed by atoms with Gasteiger partial charge in [0.25, 0.3) is 5.56 Å². The van der Waals surface area contributed by atoms with Crippen molar-refractivity contribution >= 4 is 22.6 Å². The van der Waals surface area contributed by atoms with Gasteiger partial charge in [-0.2, -0.15) is 0 Å². The number of carbonyl (C=O) groups is 1. The number of H-pyrrole nitrogens is 1. The Balaban J connectivity index is 2.59. The molecule has 0 fully saturated rings. The van der Waals surface area contributed by atoms with Crippen LogP contribution in [-0.4, -0.2) is 28.1 Å². The fourth-order valence-electron chi connectivity index (χ4n) is 2.16. The molecule has 0 amide bonds. The fourth-order valence-corrected chi connectivity index (χ4v) is 2.16. The van der Waals surface area contributed by atoms with Crippen LogP contribution in [0.1, 0.15) is 20.8 Å². The molecule has 2 rings (SSSR count). The molecule has 0 bridgehead atoms. The summed E-state index contributed by atoms with van der Waals surface area (Å²) >= 11 is 0. The quantitative estimate of drug-likeness (QED) is 0.900. The maximum absolute atomic E-state index is 12.1. The Bertz CT molecular complexity index is 698. The third kappa shape index (κ3) is 2.82. The average Bonchev–Trinajstić information content (AvgIpc) is 2.34. The van der Waals surface area contributed by atoms with Crippen molar-refractivity contribution in [2.75, 3.05) is 11.4 Å². The van der Waals surface area contributed by atoms with Crippen LogP contribution in [0, 0.1) is 0 Å². The highest BCUT2D eigenvalue weighted by Gasteiger charge is 2.25. The Morgan fingerprint density at radius 1 is 1.30 bits per heavy atom. The number of anilines is 1. The number of fused-ring (bicyclic) bond motifs is 1. The summed E-state index contributed by atoms with van der Waals surface area (Å²) in [5, 5.41) is 10.5. The van der Waals surface area contributed by atoms with Crippen LogP contribution in [0.25, 0.3) is 10.8 Å². The van der Waals surface area contributed by atoms with Crippen LogP contribution in [0.5, 0.6) is 0 Å². The van der Waals surface area contributed by atoms with Crippen molar-refractivity contribution in [3.8, 4) is 0 Å². The molecule has 1 heterocycles. The number of carboxylic acids is 1. The monoisotopic (exact) mass is 274 g/mol. The lowest BCUT2D eigenvalue weighted by molar-refractivity contribution is -0.135. The van der Waals surface area contributed by atoms with Gasteiger partial charge in [-0.05, 0) is 38.3 Å². The summed E-state index contributed by atoms with van der Waals surface area (Å²) in [6.45, 7) is 5.55. The molecular weight excluding hydrogens is 256 g/mol. The number of nitrogens with one attached hydrogen (secondary N) is 1. The Hall–Kier alpha value is -2.30. The number of aliphatic carboxylic acids is 1. The van der Waals surface area contributed by atoms with Gasteiger partial charge < -0.3 is 15.0 Å². The van der Waals surface area contributed by atoms with Crippen LogP contribution in [0.2, 0.25) is 0 Å². The Morgan fingerprint density at radius 3 is 2.55 bits per heavy atom. The van der Waals surface area contributed by atoms with E-state index in [-0.39, 0.29) is 12.1 Å². The van der Waals surface area contributed by atoms with E-state index in [1.165, 1.54) is 0 Å². The maximum atomic E-state index is 12.1. The first-order chi connectivity index (χ1) is 9.29. The van der Waals surface area contributed by atoms with Gasteiger partial charge in [0, 0.05) is 10.9 Å². The number of nitrogens with zero attached hydrogens (tertiary/aromatic N) is 1. The van der Waals surface area contributed by atoms with E-state index in [1.54, 1.807) is 17.0 Å². The first-order valence-electron chi connectivity index (χ1n) is 6.40. The first-order valence-corrected chi connectivity index (χ1v) is 6.40. The van der Waals surface area contributed by atoms with E-state index in [0.717, 1.165) is 5.39 Å². The predicted octanol–water partition coefficient (Wildman–Crippen LogP) is 2.22. The summed E-state index contributed by atoms with van der Waals surface area (Å²) in [6, 6.07) is 9.05. The van der Waals surface area contributed by atoms with Crippen molar-refractivity contribution < 1.29 is 9.90 Å². The van der Waals surface area contributed by atoms with Crippen molar-refractivity contribution in [1.29, 1.82) is 0 Å². The van der Waals surface area contributed by atoms with Gasteiger partial charge in [0.2, 0.25) is 0 Å². The van der Waals surface area contributed by atoms with Gasteiger partial charge in [-0.1, -0.05) is 18.2 Å². The number of pyridine rings is 1. The molecule has 106 valence electrons. The standard InChI is InChI=1S/C15H18N2O3/c1-15(2,3)17(9-13(18)19)12-8-10-6-4-5-7-11(10)14(20)16-12/h4-8H,9H2,1-3H3,(H,16,20)(H,18,19). The molecule has 0 spiro atoms. The molecule has 0 aliphatic heterocycles. The van der Waals surface area contributed by atoms with Gasteiger partial charge in [-0.15, -0.1) is 0 Å². The smallest absolute Gasteiger partial charge is 0.323 e. The number of aromatic amines is 1. The average molecular weight is 274 g/mol. The Morgan fingerprint density at radius 2 is 1.95 bits per heavy atom. The zero-order valence-corrected chi connectivity index (χ0v) is 11.8. The SMILES string of the molecule is CC(C)(C)N(CC(=O)O)c1cc2ccccc2c(=O)[nH]1. The van der Waals surface area contributed by atoms with E-state index >= 15 is 0 Å². The van der Waals surface area contributed by atoms with Crippen molar-refractivity contribution in [2.45, 2.75) is 26.3 Å². The molecule has 1 aromatic carbocycles. The number of hydrogen-bond donors (Lipinski definition) is 2. The number of carboxylic acid groups (broad SMARTS) is 1. The molecule has 0 saturated carbocycles. The molecule has 0 radical (unpaired) electrons. The topological polar surface area (TPSA) is 73.4 Å². The van der Waals surface area contributed by atoms with E-state index in [2.05, 4.69) is 4.98 Å². The molecule has 2 aromatic rings. The van der Waals surface area contributed by atoms with E-state index in [4.69, 9.17) is 5.11 Å². The van der Waals surface area contributed by atoms with Gasteiger partial charge in [0.15, 0.2) is 0 Å². The van der Waals surface area contributed by atoms with Crippen molar-refractivity contribution in [2.24, 2.45) is 0 Å². The molecule has 5 heteroatoms.